The van der Waals surface area contributed by atoms with Gasteiger partial charge in [-0.1, -0.05) is 45.4 Å². The van der Waals surface area contributed by atoms with E-state index >= 15 is 0 Å². The molecule has 0 spiro atoms. The summed E-state index contributed by atoms with van der Waals surface area (Å²) < 4.78 is 9.79. The Balaban J connectivity index is 1.65. The van der Waals surface area contributed by atoms with Crippen molar-refractivity contribution in [3.05, 3.63) is 52.0 Å². The number of halogens is 1. The van der Waals surface area contributed by atoms with Crippen molar-refractivity contribution in [3.63, 3.8) is 0 Å². The van der Waals surface area contributed by atoms with Crippen molar-refractivity contribution in [2.24, 2.45) is 10.8 Å². The Morgan fingerprint density at radius 1 is 1.22 bits per heavy atom. The molecule has 4 rings (SSSR count). The predicted octanol–water partition coefficient (Wildman–Crippen LogP) is 7.11. The maximum absolute atomic E-state index is 11.5. The van der Waals surface area contributed by atoms with Crippen molar-refractivity contribution in [2.75, 3.05) is 4.72 Å². The highest BCUT2D eigenvalue weighted by Gasteiger charge is 2.55. The summed E-state index contributed by atoms with van der Waals surface area (Å²) in [6, 6.07) is 10.8. The van der Waals surface area contributed by atoms with Gasteiger partial charge in [0.1, 0.15) is 17.9 Å². The lowest BCUT2D eigenvalue weighted by molar-refractivity contribution is -0.133. The largest absolute Gasteiger partial charge is 0.487 e. The van der Waals surface area contributed by atoms with Crippen LogP contribution in [0.25, 0.3) is 0 Å². The minimum absolute atomic E-state index is 0.00177. The molecule has 0 radical (unpaired) electrons. The standard InChI is InChI=1S/C25H27ClN2O3S/c1-24(2)13-25(3,4)23(24)31-20-11-18(26)16(12-27)9-19(20)28-32-21-10-15(22(29)30)7-8-17(21)14-5-6-14/h7-11,14,23,28H,5-6,13H2,1-4H3,(H,29,30). The number of ether oxygens (including phenoxy) is 1. The van der Waals surface area contributed by atoms with E-state index < -0.39 is 5.97 Å². The van der Waals surface area contributed by atoms with E-state index in [0.29, 0.717) is 27.9 Å². The molecule has 2 fully saturated rings. The Morgan fingerprint density at radius 3 is 2.47 bits per heavy atom. The van der Waals surface area contributed by atoms with Gasteiger partial charge in [0.15, 0.2) is 0 Å². The SMILES string of the molecule is CC1(C)CC(C)(C)C1Oc1cc(Cl)c(C#N)cc1NSc1cc(C(=O)O)ccc1C1CC1. The van der Waals surface area contributed by atoms with Gasteiger partial charge in [-0.2, -0.15) is 5.26 Å². The molecule has 0 heterocycles. The summed E-state index contributed by atoms with van der Waals surface area (Å²) >= 11 is 7.68. The molecule has 0 amide bonds. The van der Waals surface area contributed by atoms with Crippen LogP contribution >= 0.6 is 23.5 Å². The fourth-order valence-electron chi connectivity index (χ4n) is 5.15. The Morgan fingerprint density at radius 2 is 1.91 bits per heavy atom. The van der Waals surface area contributed by atoms with Crippen LogP contribution in [0.3, 0.4) is 0 Å². The van der Waals surface area contributed by atoms with E-state index in [9.17, 15) is 15.2 Å². The van der Waals surface area contributed by atoms with Crippen molar-refractivity contribution in [2.45, 2.75) is 63.9 Å². The normalized spacial score (nSPS) is 19.0. The lowest BCUT2D eigenvalue weighted by Crippen LogP contribution is -2.58. The fourth-order valence-corrected chi connectivity index (χ4v) is 6.26. The molecule has 2 saturated carbocycles. The van der Waals surface area contributed by atoms with Crippen LogP contribution in [0.15, 0.2) is 35.2 Å². The summed E-state index contributed by atoms with van der Waals surface area (Å²) in [5.74, 6) is 0.106. The van der Waals surface area contributed by atoms with Crippen LogP contribution in [-0.4, -0.2) is 17.2 Å². The highest BCUT2D eigenvalue weighted by Crippen LogP contribution is 2.56. The van der Waals surface area contributed by atoms with Crippen molar-refractivity contribution >= 4 is 35.2 Å². The van der Waals surface area contributed by atoms with Crippen LogP contribution in [0.5, 0.6) is 5.75 Å². The first kappa shape index (κ1) is 22.8. The molecule has 7 heteroatoms. The minimum atomic E-state index is -0.953. The predicted molar refractivity (Wildman–Crippen MR) is 128 cm³/mol. The first-order valence-electron chi connectivity index (χ1n) is 10.7. The molecule has 2 aliphatic carbocycles. The molecule has 2 aromatic carbocycles. The summed E-state index contributed by atoms with van der Waals surface area (Å²) in [4.78, 5) is 12.4. The number of carbonyl (C=O) groups is 1. The van der Waals surface area contributed by atoms with E-state index in [1.807, 2.05) is 6.07 Å². The van der Waals surface area contributed by atoms with Gasteiger partial charge >= 0.3 is 5.97 Å². The Kier molecular flexibility index (Phi) is 5.85. The summed E-state index contributed by atoms with van der Waals surface area (Å²) in [7, 11) is 0. The molecule has 168 valence electrons. The quantitative estimate of drug-likeness (QED) is 0.419. The van der Waals surface area contributed by atoms with E-state index in [1.54, 1.807) is 24.3 Å². The molecule has 0 bridgehead atoms. The third-order valence-electron chi connectivity index (χ3n) is 6.31. The van der Waals surface area contributed by atoms with Crippen LogP contribution in [0.2, 0.25) is 5.02 Å². The van der Waals surface area contributed by atoms with Crippen molar-refractivity contribution < 1.29 is 14.6 Å². The van der Waals surface area contributed by atoms with Gasteiger partial charge in [0.05, 0.1) is 21.8 Å². The van der Waals surface area contributed by atoms with Crippen LogP contribution in [0.1, 0.15) is 74.4 Å². The fraction of sp³-hybridized carbons (Fsp3) is 0.440. The summed E-state index contributed by atoms with van der Waals surface area (Å²) in [6.07, 6.45) is 3.28. The zero-order valence-electron chi connectivity index (χ0n) is 18.7. The summed E-state index contributed by atoms with van der Waals surface area (Å²) in [5.41, 5.74) is 2.47. The molecule has 0 saturated heterocycles. The molecule has 2 aliphatic rings. The Bertz CT molecular complexity index is 1100. The number of hydrogen-bond acceptors (Lipinski definition) is 5. The molecular weight excluding hydrogens is 444 g/mol. The van der Waals surface area contributed by atoms with Gasteiger partial charge in [0.2, 0.25) is 0 Å². The molecule has 0 aliphatic heterocycles. The van der Waals surface area contributed by atoms with Gasteiger partial charge in [0, 0.05) is 21.8 Å². The van der Waals surface area contributed by atoms with Crippen LogP contribution in [-0.2, 0) is 0 Å². The number of benzene rings is 2. The highest BCUT2D eigenvalue weighted by atomic mass is 35.5. The van der Waals surface area contributed by atoms with E-state index in [0.717, 1.165) is 29.7 Å². The first-order chi connectivity index (χ1) is 15.0. The monoisotopic (exact) mass is 470 g/mol. The van der Waals surface area contributed by atoms with Crippen LogP contribution in [0, 0.1) is 22.2 Å². The van der Waals surface area contributed by atoms with Gasteiger partial charge < -0.3 is 14.6 Å². The Labute approximate surface area is 198 Å². The number of rotatable bonds is 7. The van der Waals surface area contributed by atoms with Crippen molar-refractivity contribution in [1.82, 2.24) is 0 Å². The molecular formula is C25H27ClN2O3S. The second-order valence-electron chi connectivity index (χ2n) is 10.1. The van der Waals surface area contributed by atoms with E-state index in [1.165, 1.54) is 11.9 Å². The second kappa shape index (κ2) is 8.20. The van der Waals surface area contributed by atoms with Crippen molar-refractivity contribution in [1.29, 1.82) is 5.26 Å². The number of hydrogen-bond donors (Lipinski definition) is 2. The number of aromatic carboxylic acids is 1. The molecule has 32 heavy (non-hydrogen) atoms. The third-order valence-corrected chi connectivity index (χ3v) is 7.52. The van der Waals surface area contributed by atoms with Gasteiger partial charge in [-0.15, -0.1) is 0 Å². The molecule has 0 aromatic heterocycles. The number of carboxylic acids is 1. The van der Waals surface area contributed by atoms with Gasteiger partial charge in [-0.25, -0.2) is 4.79 Å². The van der Waals surface area contributed by atoms with E-state index in [4.69, 9.17) is 16.3 Å². The van der Waals surface area contributed by atoms with Crippen LogP contribution < -0.4 is 9.46 Å². The van der Waals surface area contributed by atoms with Gasteiger partial charge in [0.25, 0.3) is 0 Å². The topological polar surface area (TPSA) is 82.3 Å². The molecule has 2 aromatic rings. The molecule has 5 nitrogen and oxygen atoms in total. The first-order valence-corrected chi connectivity index (χ1v) is 11.9. The smallest absolute Gasteiger partial charge is 0.335 e. The molecule has 0 atom stereocenters. The van der Waals surface area contributed by atoms with E-state index in [-0.39, 0.29) is 22.5 Å². The molecule has 2 N–H and O–H groups in total. The summed E-state index contributed by atoms with van der Waals surface area (Å²) in [6.45, 7) is 8.76. The maximum atomic E-state index is 11.5. The second-order valence-corrected chi connectivity index (χ2v) is 11.4. The third kappa shape index (κ3) is 4.42. The average molecular weight is 471 g/mol. The Hall–Kier alpha value is -2.36. The van der Waals surface area contributed by atoms with Crippen molar-refractivity contribution in [3.8, 4) is 11.8 Å². The number of nitrogens with zero attached hydrogens (tertiary/aromatic N) is 1. The van der Waals surface area contributed by atoms with Gasteiger partial charge in [-0.3, -0.25) is 0 Å². The van der Waals surface area contributed by atoms with Crippen LogP contribution in [0.4, 0.5) is 5.69 Å². The molecule has 0 unspecified atom stereocenters. The average Bonchev–Trinajstić information content (AvgIpc) is 3.55. The van der Waals surface area contributed by atoms with Gasteiger partial charge in [-0.05, 0) is 60.9 Å². The number of anilines is 1. The zero-order chi connectivity index (χ0) is 23.3. The summed E-state index contributed by atoms with van der Waals surface area (Å²) in [5, 5.41) is 19.2. The van der Waals surface area contributed by atoms with E-state index in [2.05, 4.69) is 38.5 Å². The highest BCUT2D eigenvalue weighted by molar-refractivity contribution is 8.00. The lowest BCUT2D eigenvalue weighted by Gasteiger charge is -2.56. The zero-order valence-corrected chi connectivity index (χ0v) is 20.2. The number of nitriles is 1. The minimum Gasteiger partial charge on any atom is -0.487 e. The lowest BCUT2D eigenvalue weighted by atomic mass is 9.53. The number of nitrogens with one attached hydrogen (secondary N) is 1. The maximum Gasteiger partial charge on any atom is 0.335 e. The number of carboxylic acid groups (broad SMARTS) is 1.